The summed E-state index contributed by atoms with van der Waals surface area (Å²) < 4.78 is 13.7. The molecule has 2 rings (SSSR count). The first-order valence-corrected chi connectivity index (χ1v) is 5.59. The summed E-state index contributed by atoms with van der Waals surface area (Å²) in [5, 5.41) is 8.95. The van der Waals surface area contributed by atoms with Gasteiger partial charge in [-0.25, -0.2) is 9.18 Å². The number of hydrogen-bond acceptors (Lipinski definition) is 1. The zero-order chi connectivity index (χ0) is 13.3. The van der Waals surface area contributed by atoms with Crippen LogP contribution in [0.25, 0.3) is 11.1 Å². The highest BCUT2D eigenvalue weighted by Gasteiger charge is 2.12. The smallest absolute Gasteiger partial charge is 0.335 e. The summed E-state index contributed by atoms with van der Waals surface area (Å²) in [4.78, 5) is 10.9. The number of hydrogen-bond donors (Lipinski definition) is 1. The lowest BCUT2D eigenvalue weighted by molar-refractivity contribution is 0.0696. The molecule has 0 aliphatic carbocycles. The Morgan fingerprint density at radius 3 is 2.28 bits per heavy atom. The average Bonchev–Trinajstić information content (AvgIpc) is 2.33. The zero-order valence-electron chi connectivity index (χ0n) is 10.2. The Kier molecular flexibility index (Phi) is 3.15. The molecule has 0 aromatic heterocycles. The van der Waals surface area contributed by atoms with Crippen LogP contribution in [0.15, 0.2) is 36.4 Å². The summed E-state index contributed by atoms with van der Waals surface area (Å²) in [6, 6.07) is 10.1. The van der Waals surface area contributed by atoms with Gasteiger partial charge in [0.2, 0.25) is 0 Å². The van der Waals surface area contributed by atoms with Gasteiger partial charge in [-0.3, -0.25) is 0 Å². The van der Waals surface area contributed by atoms with Gasteiger partial charge in [-0.15, -0.1) is 0 Å². The molecule has 0 spiro atoms. The number of aromatic carboxylic acids is 1. The lowest BCUT2D eigenvalue weighted by atomic mass is 9.97. The van der Waals surface area contributed by atoms with E-state index in [1.165, 1.54) is 6.07 Å². The van der Waals surface area contributed by atoms with Gasteiger partial charge in [-0.1, -0.05) is 29.8 Å². The molecule has 0 aliphatic heterocycles. The van der Waals surface area contributed by atoms with E-state index in [4.69, 9.17) is 5.11 Å². The predicted molar refractivity (Wildman–Crippen MR) is 68.3 cm³/mol. The van der Waals surface area contributed by atoms with Crippen molar-refractivity contribution in [3.63, 3.8) is 0 Å². The van der Waals surface area contributed by atoms with E-state index in [9.17, 15) is 9.18 Å². The Bertz CT molecular complexity index is 601. The van der Waals surface area contributed by atoms with Crippen molar-refractivity contribution < 1.29 is 14.3 Å². The van der Waals surface area contributed by atoms with E-state index in [1.807, 2.05) is 31.2 Å². The Labute approximate surface area is 105 Å². The number of benzene rings is 2. The van der Waals surface area contributed by atoms with Gasteiger partial charge >= 0.3 is 5.97 Å². The fraction of sp³-hybridized carbons (Fsp3) is 0.133. The van der Waals surface area contributed by atoms with Crippen LogP contribution in [0, 0.1) is 19.7 Å². The second-order valence-electron chi connectivity index (χ2n) is 4.30. The van der Waals surface area contributed by atoms with E-state index in [1.54, 1.807) is 6.92 Å². The number of aryl methyl sites for hydroxylation is 1. The molecule has 0 atom stereocenters. The summed E-state index contributed by atoms with van der Waals surface area (Å²) in [5.41, 5.74) is 2.97. The Hall–Kier alpha value is -2.16. The van der Waals surface area contributed by atoms with E-state index < -0.39 is 11.8 Å². The van der Waals surface area contributed by atoms with Crippen LogP contribution < -0.4 is 0 Å². The average molecular weight is 244 g/mol. The van der Waals surface area contributed by atoms with Crippen molar-refractivity contribution in [2.24, 2.45) is 0 Å². The second kappa shape index (κ2) is 4.61. The maximum Gasteiger partial charge on any atom is 0.335 e. The molecule has 0 heterocycles. The molecule has 0 bridgehead atoms. The summed E-state index contributed by atoms with van der Waals surface area (Å²) in [6.07, 6.45) is 0. The summed E-state index contributed by atoms with van der Waals surface area (Å²) in [6.45, 7) is 3.61. The first-order valence-electron chi connectivity index (χ1n) is 5.59. The first kappa shape index (κ1) is 12.3. The van der Waals surface area contributed by atoms with Gasteiger partial charge in [-0.05, 0) is 42.7 Å². The molecule has 0 fully saturated rings. The van der Waals surface area contributed by atoms with Crippen LogP contribution in [0.5, 0.6) is 0 Å². The number of rotatable bonds is 2. The number of halogens is 1. The van der Waals surface area contributed by atoms with Gasteiger partial charge in [0.15, 0.2) is 0 Å². The number of carboxylic acids is 1. The fourth-order valence-corrected chi connectivity index (χ4v) is 1.84. The number of carboxylic acid groups (broad SMARTS) is 1. The molecule has 0 amide bonds. The van der Waals surface area contributed by atoms with Crippen molar-refractivity contribution in [1.82, 2.24) is 0 Å². The summed E-state index contributed by atoms with van der Waals surface area (Å²) in [5.74, 6) is -1.62. The quantitative estimate of drug-likeness (QED) is 0.872. The monoisotopic (exact) mass is 244 g/mol. The minimum absolute atomic E-state index is 0.0336. The first-order chi connectivity index (χ1) is 8.49. The molecule has 2 aromatic carbocycles. The maximum atomic E-state index is 13.7. The lowest BCUT2D eigenvalue weighted by Gasteiger charge is -2.09. The van der Waals surface area contributed by atoms with Gasteiger partial charge in [0, 0.05) is 0 Å². The van der Waals surface area contributed by atoms with E-state index in [0.29, 0.717) is 11.1 Å². The van der Waals surface area contributed by atoms with Gasteiger partial charge in [-0.2, -0.15) is 0 Å². The van der Waals surface area contributed by atoms with Crippen molar-refractivity contribution in [3.8, 4) is 11.1 Å². The molecule has 92 valence electrons. The van der Waals surface area contributed by atoms with Crippen LogP contribution in [-0.4, -0.2) is 11.1 Å². The van der Waals surface area contributed by atoms with Crippen LogP contribution in [0.2, 0.25) is 0 Å². The highest BCUT2D eigenvalue weighted by atomic mass is 19.1. The van der Waals surface area contributed by atoms with Crippen LogP contribution >= 0.6 is 0 Å². The molecule has 0 aliphatic rings. The van der Waals surface area contributed by atoms with E-state index >= 15 is 0 Å². The summed E-state index contributed by atoms with van der Waals surface area (Å²) >= 11 is 0. The SMILES string of the molecule is Cc1ccc(-c2cc(C(=O)O)cc(F)c2C)cc1. The number of carbonyl (C=O) groups is 1. The van der Waals surface area contributed by atoms with E-state index in [2.05, 4.69) is 0 Å². The molecule has 3 heteroatoms. The van der Waals surface area contributed by atoms with Crippen molar-refractivity contribution in [3.05, 3.63) is 58.9 Å². The Morgan fingerprint density at radius 2 is 1.72 bits per heavy atom. The van der Waals surface area contributed by atoms with E-state index in [0.717, 1.165) is 17.2 Å². The molecular formula is C15H13FO2. The Morgan fingerprint density at radius 1 is 1.11 bits per heavy atom. The highest BCUT2D eigenvalue weighted by Crippen LogP contribution is 2.27. The molecule has 0 saturated heterocycles. The summed E-state index contributed by atoms with van der Waals surface area (Å²) in [7, 11) is 0. The third-order valence-corrected chi connectivity index (χ3v) is 2.95. The third-order valence-electron chi connectivity index (χ3n) is 2.95. The molecule has 0 saturated carbocycles. The normalized spacial score (nSPS) is 10.4. The molecule has 18 heavy (non-hydrogen) atoms. The molecule has 0 unspecified atom stereocenters. The minimum atomic E-state index is -1.12. The third kappa shape index (κ3) is 2.25. The van der Waals surface area contributed by atoms with Gasteiger partial charge in [0.1, 0.15) is 5.82 Å². The van der Waals surface area contributed by atoms with Crippen LogP contribution in [-0.2, 0) is 0 Å². The molecule has 2 aromatic rings. The molecule has 2 nitrogen and oxygen atoms in total. The van der Waals surface area contributed by atoms with Crippen molar-refractivity contribution >= 4 is 5.97 Å². The molecule has 0 radical (unpaired) electrons. The highest BCUT2D eigenvalue weighted by molar-refractivity contribution is 5.90. The van der Waals surface area contributed by atoms with Gasteiger partial charge < -0.3 is 5.11 Å². The fourth-order valence-electron chi connectivity index (χ4n) is 1.84. The van der Waals surface area contributed by atoms with Crippen LogP contribution in [0.1, 0.15) is 21.5 Å². The van der Waals surface area contributed by atoms with Crippen molar-refractivity contribution in [2.75, 3.05) is 0 Å². The van der Waals surface area contributed by atoms with Crippen LogP contribution in [0.4, 0.5) is 4.39 Å². The van der Waals surface area contributed by atoms with Crippen LogP contribution in [0.3, 0.4) is 0 Å². The standard InChI is InChI=1S/C15H13FO2/c1-9-3-5-11(6-4-9)13-7-12(15(17)18)8-14(16)10(13)2/h3-8H,1-2H3,(H,17,18). The molecular weight excluding hydrogens is 231 g/mol. The second-order valence-corrected chi connectivity index (χ2v) is 4.30. The topological polar surface area (TPSA) is 37.3 Å². The van der Waals surface area contributed by atoms with E-state index in [-0.39, 0.29) is 5.56 Å². The maximum absolute atomic E-state index is 13.7. The zero-order valence-corrected chi connectivity index (χ0v) is 10.2. The predicted octanol–water partition coefficient (Wildman–Crippen LogP) is 3.81. The van der Waals surface area contributed by atoms with Crippen molar-refractivity contribution in [1.29, 1.82) is 0 Å². The van der Waals surface area contributed by atoms with Crippen molar-refractivity contribution in [2.45, 2.75) is 13.8 Å². The lowest BCUT2D eigenvalue weighted by Crippen LogP contribution is -2.00. The van der Waals surface area contributed by atoms with Gasteiger partial charge in [0.25, 0.3) is 0 Å². The molecule has 1 N–H and O–H groups in total. The van der Waals surface area contributed by atoms with Gasteiger partial charge in [0.05, 0.1) is 5.56 Å². The largest absolute Gasteiger partial charge is 0.478 e. The Balaban J connectivity index is 2.62. The minimum Gasteiger partial charge on any atom is -0.478 e.